The largest absolute Gasteiger partial charge is 0.325 e. The zero-order valence-electron chi connectivity index (χ0n) is 17.6. The van der Waals surface area contributed by atoms with Gasteiger partial charge in [-0.15, -0.1) is 0 Å². The summed E-state index contributed by atoms with van der Waals surface area (Å²) in [6.07, 6.45) is 2.89. The molecule has 4 rings (SSSR count). The first-order valence-electron chi connectivity index (χ1n) is 10.3. The van der Waals surface area contributed by atoms with Gasteiger partial charge in [0, 0.05) is 11.4 Å². The van der Waals surface area contributed by atoms with E-state index in [9.17, 15) is 9.59 Å². The fraction of sp³-hybridized carbons (Fsp3) is 0.120. The minimum absolute atomic E-state index is 0.126. The van der Waals surface area contributed by atoms with Gasteiger partial charge in [-0.2, -0.15) is 5.10 Å². The molecule has 2 amide bonds. The molecule has 7 heteroatoms. The van der Waals surface area contributed by atoms with Crippen molar-refractivity contribution in [2.24, 2.45) is 0 Å². The van der Waals surface area contributed by atoms with Crippen LogP contribution in [-0.4, -0.2) is 26.6 Å². The molecule has 0 aliphatic rings. The number of carbonyl (C=O) groups excluding carboxylic acids is 2. The Morgan fingerprint density at radius 2 is 1.25 bits per heavy atom. The molecule has 0 spiro atoms. The molecule has 3 aromatic carbocycles. The summed E-state index contributed by atoms with van der Waals surface area (Å²) in [5, 5.41) is 9.82. The molecule has 0 fully saturated rings. The Balaban J connectivity index is 1.46. The van der Waals surface area contributed by atoms with Crippen LogP contribution in [0, 0.1) is 0 Å². The van der Waals surface area contributed by atoms with Gasteiger partial charge in [-0.1, -0.05) is 60.7 Å². The number of aromatic nitrogens is 3. The van der Waals surface area contributed by atoms with E-state index in [-0.39, 0.29) is 11.8 Å². The van der Waals surface area contributed by atoms with Gasteiger partial charge in [-0.25, -0.2) is 9.67 Å². The van der Waals surface area contributed by atoms with E-state index in [4.69, 9.17) is 0 Å². The Morgan fingerprint density at radius 1 is 0.750 bits per heavy atom. The molecule has 4 aromatic rings. The fourth-order valence-corrected chi connectivity index (χ4v) is 3.42. The van der Waals surface area contributed by atoms with Crippen LogP contribution >= 0.6 is 0 Å². The van der Waals surface area contributed by atoms with Crippen molar-refractivity contribution in [1.82, 2.24) is 14.8 Å². The lowest BCUT2D eigenvalue weighted by molar-refractivity contribution is -0.119. The van der Waals surface area contributed by atoms with E-state index in [1.54, 1.807) is 31.2 Å². The SMILES string of the molecule is CC(C(=O)Nc1ccc(NC(=O)C(c2ccccc2)c2ccccc2)cc1)n1cncn1. The molecule has 1 unspecified atom stereocenters. The van der Waals surface area contributed by atoms with Crippen LogP contribution in [0.5, 0.6) is 0 Å². The van der Waals surface area contributed by atoms with Gasteiger partial charge in [0.05, 0.1) is 5.92 Å². The van der Waals surface area contributed by atoms with Gasteiger partial charge in [-0.05, 0) is 42.3 Å². The van der Waals surface area contributed by atoms with Crippen molar-refractivity contribution in [2.45, 2.75) is 18.9 Å². The summed E-state index contributed by atoms with van der Waals surface area (Å²) in [7, 11) is 0. The number of nitrogens with one attached hydrogen (secondary N) is 2. The quantitative estimate of drug-likeness (QED) is 0.463. The first-order chi connectivity index (χ1) is 15.6. The topological polar surface area (TPSA) is 88.9 Å². The van der Waals surface area contributed by atoms with Crippen molar-refractivity contribution in [2.75, 3.05) is 10.6 Å². The summed E-state index contributed by atoms with van der Waals surface area (Å²) in [5.74, 6) is -0.764. The summed E-state index contributed by atoms with van der Waals surface area (Å²) < 4.78 is 1.48. The van der Waals surface area contributed by atoms with E-state index in [0.29, 0.717) is 11.4 Å². The third kappa shape index (κ3) is 4.89. The molecule has 0 aliphatic heterocycles. The number of carbonyl (C=O) groups is 2. The highest BCUT2D eigenvalue weighted by atomic mass is 16.2. The molecular weight excluding hydrogens is 402 g/mol. The van der Waals surface area contributed by atoms with Crippen molar-refractivity contribution in [1.29, 1.82) is 0 Å². The molecule has 1 aromatic heterocycles. The molecule has 2 N–H and O–H groups in total. The van der Waals surface area contributed by atoms with Crippen molar-refractivity contribution in [3.63, 3.8) is 0 Å². The molecule has 0 saturated heterocycles. The second-order valence-corrected chi connectivity index (χ2v) is 7.36. The third-order valence-corrected chi connectivity index (χ3v) is 5.16. The second-order valence-electron chi connectivity index (χ2n) is 7.36. The normalized spacial score (nSPS) is 11.7. The summed E-state index contributed by atoms with van der Waals surface area (Å²) in [5.41, 5.74) is 3.11. The number of hydrogen-bond donors (Lipinski definition) is 2. The molecule has 160 valence electrons. The summed E-state index contributed by atoms with van der Waals surface area (Å²) in [6, 6.07) is 25.9. The number of rotatable bonds is 7. The fourth-order valence-electron chi connectivity index (χ4n) is 3.42. The van der Waals surface area contributed by atoms with Crippen molar-refractivity contribution < 1.29 is 9.59 Å². The van der Waals surface area contributed by atoms with E-state index in [0.717, 1.165) is 11.1 Å². The molecular formula is C25H23N5O2. The van der Waals surface area contributed by atoms with Crippen LogP contribution in [0.25, 0.3) is 0 Å². The van der Waals surface area contributed by atoms with Gasteiger partial charge in [0.1, 0.15) is 18.7 Å². The number of anilines is 2. The average Bonchev–Trinajstić information content (AvgIpc) is 3.36. The molecule has 1 atom stereocenters. The van der Waals surface area contributed by atoms with Crippen molar-refractivity contribution >= 4 is 23.2 Å². The highest BCUT2D eigenvalue weighted by molar-refractivity contribution is 5.98. The summed E-state index contributed by atoms with van der Waals surface area (Å²) in [4.78, 5) is 29.5. The van der Waals surface area contributed by atoms with E-state index in [1.165, 1.54) is 17.3 Å². The Labute approximate surface area is 186 Å². The lowest BCUT2D eigenvalue weighted by Crippen LogP contribution is -2.24. The van der Waals surface area contributed by atoms with E-state index < -0.39 is 12.0 Å². The molecule has 0 aliphatic carbocycles. The van der Waals surface area contributed by atoms with E-state index >= 15 is 0 Å². The zero-order chi connectivity index (χ0) is 22.3. The van der Waals surface area contributed by atoms with E-state index in [1.807, 2.05) is 60.7 Å². The Kier molecular flexibility index (Phi) is 6.36. The van der Waals surface area contributed by atoms with Crippen LogP contribution in [0.2, 0.25) is 0 Å². The average molecular weight is 425 g/mol. The predicted octanol–water partition coefficient (Wildman–Crippen LogP) is 4.25. The number of amides is 2. The monoisotopic (exact) mass is 425 g/mol. The zero-order valence-corrected chi connectivity index (χ0v) is 17.6. The standard InChI is InChI=1S/C25H23N5O2/c1-18(30-17-26-16-27-30)24(31)28-21-12-14-22(15-13-21)29-25(32)23(19-8-4-2-5-9-19)20-10-6-3-7-11-20/h2-18,23H,1H3,(H,28,31)(H,29,32). The number of hydrogen-bond acceptors (Lipinski definition) is 4. The molecule has 32 heavy (non-hydrogen) atoms. The maximum Gasteiger partial charge on any atom is 0.249 e. The molecule has 7 nitrogen and oxygen atoms in total. The third-order valence-electron chi connectivity index (χ3n) is 5.16. The minimum Gasteiger partial charge on any atom is -0.325 e. The highest BCUT2D eigenvalue weighted by Crippen LogP contribution is 2.26. The maximum absolute atomic E-state index is 13.2. The van der Waals surface area contributed by atoms with Crippen LogP contribution in [0.3, 0.4) is 0 Å². The summed E-state index contributed by atoms with van der Waals surface area (Å²) in [6.45, 7) is 1.74. The smallest absolute Gasteiger partial charge is 0.249 e. The first-order valence-corrected chi connectivity index (χ1v) is 10.3. The number of benzene rings is 3. The van der Waals surface area contributed by atoms with Gasteiger partial charge < -0.3 is 10.6 Å². The lowest BCUT2D eigenvalue weighted by Gasteiger charge is -2.18. The van der Waals surface area contributed by atoms with E-state index in [2.05, 4.69) is 20.7 Å². The van der Waals surface area contributed by atoms with Crippen molar-refractivity contribution in [3.05, 3.63) is 109 Å². The van der Waals surface area contributed by atoms with Gasteiger partial charge >= 0.3 is 0 Å². The van der Waals surface area contributed by atoms with Crippen molar-refractivity contribution in [3.8, 4) is 0 Å². The Bertz CT molecular complexity index is 1120. The van der Waals surface area contributed by atoms with Crippen LogP contribution in [0.1, 0.15) is 30.0 Å². The molecule has 1 heterocycles. The van der Waals surface area contributed by atoms with Crippen LogP contribution in [0.4, 0.5) is 11.4 Å². The van der Waals surface area contributed by atoms with Crippen LogP contribution < -0.4 is 10.6 Å². The highest BCUT2D eigenvalue weighted by Gasteiger charge is 2.22. The minimum atomic E-state index is -0.491. The van der Waals surface area contributed by atoms with Gasteiger partial charge in [0.2, 0.25) is 11.8 Å². The Morgan fingerprint density at radius 3 is 1.72 bits per heavy atom. The predicted molar refractivity (Wildman–Crippen MR) is 123 cm³/mol. The van der Waals surface area contributed by atoms with Crippen LogP contribution in [0.15, 0.2) is 97.6 Å². The Hall–Kier alpha value is -4.26. The van der Waals surface area contributed by atoms with Gasteiger partial charge in [-0.3, -0.25) is 9.59 Å². The maximum atomic E-state index is 13.2. The molecule has 0 radical (unpaired) electrons. The summed E-state index contributed by atoms with van der Waals surface area (Å²) >= 11 is 0. The second kappa shape index (κ2) is 9.70. The molecule has 0 saturated carbocycles. The number of nitrogens with zero attached hydrogens (tertiary/aromatic N) is 3. The first kappa shape index (κ1) is 21.0. The van der Waals surface area contributed by atoms with Gasteiger partial charge in [0.15, 0.2) is 0 Å². The van der Waals surface area contributed by atoms with Gasteiger partial charge in [0.25, 0.3) is 0 Å². The lowest BCUT2D eigenvalue weighted by atomic mass is 9.90. The van der Waals surface area contributed by atoms with Crippen LogP contribution in [-0.2, 0) is 9.59 Å². The molecule has 0 bridgehead atoms.